The number of non-ortho nitro benzene ring substituents is 1. The van der Waals surface area contributed by atoms with Gasteiger partial charge in [0.1, 0.15) is 0 Å². The van der Waals surface area contributed by atoms with Crippen LogP contribution in [0.25, 0.3) is 5.69 Å². The van der Waals surface area contributed by atoms with Crippen molar-refractivity contribution in [1.29, 1.82) is 0 Å². The number of piperidine rings is 1. The third-order valence-corrected chi connectivity index (χ3v) is 4.30. The maximum absolute atomic E-state index is 12.5. The number of nitrogens with one attached hydrogen (secondary N) is 1. The molecular weight excluding hydrogens is 346 g/mol. The van der Waals surface area contributed by atoms with Crippen molar-refractivity contribution >= 4 is 24.0 Å². The van der Waals surface area contributed by atoms with Gasteiger partial charge in [0, 0.05) is 37.5 Å². The van der Waals surface area contributed by atoms with E-state index in [1.807, 2.05) is 7.05 Å². The molecule has 9 heteroatoms. The predicted octanol–water partition coefficient (Wildman–Crippen LogP) is 2.03. The van der Waals surface area contributed by atoms with Crippen LogP contribution in [0.2, 0.25) is 0 Å². The van der Waals surface area contributed by atoms with Gasteiger partial charge in [0.2, 0.25) is 0 Å². The Morgan fingerprint density at radius 2 is 2.04 bits per heavy atom. The minimum absolute atomic E-state index is 0. The van der Waals surface area contributed by atoms with Crippen molar-refractivity contribution in [2.24, 2.45) is 0 Å². The van der Waals surface area contributed by atoms with Crippen LogP contribution < -0.4 is 5.32 Å². The van der Waals surface area contributed by atoms with E-state index < -0.39 is 4.92 Å². The number of nitro groups is 1. The topological polar surface area (TPSA) is 93.3 Å². The maximum atomic E-state index is 12.5. The van der Waals surface area contributed by atoms with E-state index in [0.717, 1.165) is 12.8 Å². The van der Waals surface area contributed by atoms with Gasteiger partial charge < -0.3 is 10.2 Å². The zero-order chi connectivity index (χ0) is 17.1. The SMILES string of the molecule is CNC1CCN(C(=O)c2ccn(-c3cccc([N+](=O)[O-])c3)n2)CC1.Cl. The fourth-order valence-corrected chi connectivity index (χ4v) is 2.86. The van der Waals surface area contributed by atoms with Crippen LogP contribution >= 0.6 is 12.4 Å². The van der Waals surface area contributed by atoms with Crippen LogP contribution in [0.1, 0.15) is 23.3 Å². The van der Waals surface area contributed by atoms with Gasteiger partial charge in [0.25, 0.3) is 11.6 Å². The number of aromatic nitrogens is 2. The predicted molar refractivity (Wildman–Crippen MR) is 95.5 cm³/mol. The van der Waals surface area contributed by atoms with Gasteiger partial charge in [0.15, 0.2) is 5.69 Å². The second-order valence-corrected chi connectivity index (χ2v) is 5.78. The van der Waals surface area contributed by atoms with E-state index in [-0.39, 0.29) is 24.0 Å². The molecule has 3 rings (SSSR count). The number of hydrogen-bond acceptors (Lipinski definition) is 5. The molecule has 0 radical (unpaired) electrons. The lowest BCUT2D eigenvalue weighted by Crippen LogP contribution is -2.44. The molecule has 0 unspecified atom stereocenters. The number of carbonyl (C=O) groups is 1. The van der Waals surface area contributed by atoms with Crippen molar-refractivity contribution in [2.75, 3.05) is 20.1 Å². The molecule has 1 N–H and O–H groups in total. The lowest BCUT2D eigenvalue weighted by Gasteiger charge is -2.31. The molecule has 0 spiro atoms. The summed E-state index contributed by atoms with van der Waals surface area (Å²) in [5.74, 6) is -0.103. The van der Waals surface area contributed by atoms with Gasteiger partial charge >= 0.3 is 0 Å². The number of nitro benzene ring substituents is 1. The Bertz CT molecular complexity index is 756. The number of nitrogens with zero attached hydrogens (tertiary/aromatic N) is 4. The molecule has 2 aromatic rings. The number of carbonyl (C=O) groups excluding carboxylic acids is 1. The summed E-state index contributed by atoms with van der Waals surface area (Å²) in [6, 6.07) is 8.26. The quantitative estimate of drug-likeness (QED) is 0.661. The molecule has 1 aromatic heterocycles. The minimum atomic E-state index is -0.453. The van der Waals surface area contributed by atoms with Crippen LogP contribution in [0.3, 0.4) is 0 Å². The first-order valence-electron chi connectivity index (χ1n) is 7.85. The van der Waals surface area contributed by atoms with Gasteiger partial charge in [-0.05, 0) is 32.0 Å². The van der Waals surface area contributed by atoms with Crippen molar-refractivity contribution in [1.82, 2.24) is 20.0 Å². The Labute approximate surface area is 151 Å². The van der Waals surface area contributed by atoms with E-state index in [4.69, 9.17) is 0 Å². The highest BCUT2D eigenvalue weighted by Crippen LogP contribution is 2.17. The van der Waals surface area contributed by atoms with Gasteiger partial charge in [-0.15, -0.1) is 12.4 Å². The van der Waals surface area contributed by atoms with Crippen molar-refractivity contribution in [3.8, 4) is 5.69 Å². The first-order valence-corrected chi connectivity index (χ1v) is 7.85. The summed E-state index contributed by atoms with van der Waals surface area (Å²) in [4.78, 5) is 24.7. The molecule has 0 bridgehead atoms. The summed E-state index contributed by atoms with van der Waals surface area (Å²) in [6.45, 7) is 1.40. The molecule has 25 heavy (non-hydrogen) atoms. The summed E-state index contributed by atoms with van der Waals surface area (Å²) in [6.07, 6.45) is 3.49. The second-order valence-electron chi connectivity index (χ2n) is 5.78. The highest BCUT2D eigenvalue weighted by atomic mass is 35.5. The zero-order valence-corrected chi connectivity index (χ0v) is 14.6. The molecular formula is C16H20ClN5O3. The van der Waals surface area contributed by atoms with Crippen LogP contribution in [0.5, 0.6) is 0 Å². The minimum Gasteiger partial charge on any atom is -0.337 e. The van der Waals surface area contributed by atoms with E-state index in [1.54, 1.807) is 29.3 Å². The van der Waals surface area contributed by atoms with Crippen molar-refractivity contribution in [3.63, 3.8) is 0 Å². The van der Waals surface area contributed by atoms with E-state index in [0.29, 0.717) is 30.5 Å². The number of rotatable bonds is 4. The van der Waals surface area contributed by atoms with Crippen molar-refractivity contribution in [3.05, 3.63) is 52.3 Å². The van der Waals surface area contributed by atoms with E-state index in [1.165, 1.54) is 16.8 Å². The number of hydrogen-bond donors (Lipinski definition) is 1. The fraction of sp³-hybridized carbons (Fsp3) is 0.375. The Morgan fingerprint density at radius 3 is 2.68 bits per heavy atom. The van der Waals surface area contributed by atoms with Gasteiger partial charge in [0.05, 0.1) is 10.6 Å². The number of halogens is 1. The van der Waals surface area contributed by atoms with Gasteiger partial charge in [-0.3, -0.25) is 14.9 Å². The third kappa shape index (κ3) is 4.15. The van der Waals surface area contributed by atoms with E-state index >= 15 is 0 Å². The maximum Gasteiger partial charge on any atom is 0.274 e. The molecule has 0 aliphatic carbocycles. The van der Waals surface area contributed by atoms with Crippen molar-refractivity contribution < 1.29 is 9.72 Å². The normalized spacial score (nSPS) is 14.8. The largest absolute Gasteiger partial charge is 0.337 e. The Morgan fingerprint density at radius 1 is 1.32 bits per heavy atom. The molecule has 1 saturated heterocycles. The highest BCUT2D eigenvalue weighted by Gasteiger charge is 2.24. The molecule has 8 nitrogen and oxygen atoms in total. The molecule has 1 aromatic carbocycles. The zero-order valence-electron chi connectivity index (χ0n) is 13.8. The summed E-state index contributed by atoms with van der Waals surface area (Å²) in [5, 5.41) is 18.4. The Balaban J connectivity index is 0.00000225. The molecule has 134 valence electrons. The summed E-state index contributed by atoms with van der Waals surface area (Å²) < 4.78 is 1.49. The lowest BCUT2D eigenvalue weighted by molar-refractivity contribution is -0.384. The smallest absolute Gasteiger partial charge is 0.274 e. The molecule has 0 atom stereocenters. The van der Waals surface area contributed by atoms with Crippen LogP contribution in [-0.4, -0.2) is 51.7 Å². The summed E-state index contributed by atoms with van der Waals surface area (Å²) in [7, 11) is 1.93. The number of likely N-dealkylation sites (tertiary alicyclic amines) is 1. The van der Waals surface area contributed by atoms with Gasteiger partial charge in [-0.2, -0.15) is 5.10 Å². The van der Waals surface area contributed by atoms with Crippen LogP contribution in [0.15, 0.2) is 36.5 Å². The fourth-order valence-electron chi connectivity index (χ4n) is 2.86. The van der Waals surface area contributed by atoms with E-state index in [2.05, 4.69) is 10.4 Å². The lowest BCUT2D eigenvalue weighted by atomic mass is 10.1. The van der Waals surface area contributed by atoms with Crippen LogP contribution in [0, 0.1) is 10.1 Å². The van der Waals surface area contributed by atoms with Crippen LogP contribution in [-0.2, 0) is 0 Å². The molecule has 1 aliphatic heterocycles. The summed E-state index contributed by atoms with van der Waals surface area (Å²) >= 11 is 0. The average molecular weight is 366 g/mol. The average Bonchev–Trinajstić information content (AvgIpc) is 3.11. The molecule has 1 aliphatic rings. The first-order chi connectivity index (χ1) is 11.6. The molecule has 2 heterocycles. The molecule has 1 amide bonds. The van der Waals surface area contributed by atoms with Crippen LogP contribution in [0.4, 0.5) is 5.69 Å². The summed E-state index contributed by atoms with van der Waals surface area (Å²) in [5.41, 5.74) is 0.895. The molecule has 0 saturated carbocycles. The van der Waals surface area contributed by atoms with Crippen molar-refractivity contribution in [2.45, 2.75) is 18.9 Å². The van der Waals surface area contributed by atoms with Gasteiger partial charge in [-0.25, -0.2) is 4.68 Å². The first kappa shape index (κ1) is 18.9. The molecule has 1 fully saturated rings. The Kier molecular flexibility index (Phi) is 6.11. The monoisotopic (exact) mass is 365 g/mol. The second kappa shape index (κ2) is 8.09. The number of amides is 1. The number of benzene rings is 1. The Hall–Kier alpha value is -2.45. The standard InChI is InChI=1S/C16H19N5O3.ClH/c1-17-12-5-8-19(9-6-12)16(22)15-7-10-20(18-15)13-3-2-4-14(11-13)21(23)24;/h2-4,7,10-12,17H,5-6,8-9H2,1H3;1H. The van der Waals surface area contributed by atoms with Gasteiger partial charge in [-0.1, -0.05) is 6.07 Å². The third-order valence-electron chi connectivity index (χ3n) is 4.30. The highest BCUT2D eigenvalue weighted by molar-refractivity contribution is 5.92. The van der Waals surface area contributed by atoms with E-state index in [9.17, 15) is 14.9 Å².